The Morgan fingerprint density at radius 2 is 1.88 bits per heavy atom. The number of nitrogens with one attached hydrogen (secondary N) is 2. The van der Waals surface area contributed by atoms with E-state index in [9.17, 15) is 14.4 Å². The molecule has 0 bridgehead atoms. The first-order valence-corrected chi connectivity index (χ1v) is 11.8. The van der Waals surface area contributed by atoms with E-state index in [0.717, 1.165) is 36.1 Å². The zero-order valence-electron chi connectivity index (χ0n) is 18.1. The molecule has 4 rings (SSSR count). The van der Waals surface area contributed by atoms with Gasteiger partial charge in [0.05, 0.1) is 28.4 Å². The summed E-state index contributed by atoms with van der Waals surface area (Å²) in [6.45, 7) is -0.148. The number of hydrogen-bond donors (Lipinski definition) is 2. The summed E-state index contributed by atoms with van der Waals surface area (Å²) in [5.74, 6) is -0.982. The summed E-state index contributed by atoms with van der Waals surface area (Å²) < 4.78 is 0. The number of benzene rings is 1. The van der Waals surface area contributed by atoms with Crippen LogP contribution in [0.4, 0.5) is 10.7 Å². The molecular formula is C24H23ClN4O3S. The molecule has 0 spiro atoms. The highest BCUT2D eigenvalue weighted by atomic mass is 35.5. The number of likely N-dealkylation sites (N-methyl/N-ethyl adjacent to an activating group) is 1. The van der Waals surface area contributed by atoms with E-state index in [4.69, 9.17) is 11.6 Å². The third kappa shape index (κ3) is 5.23. The van der Waals surface area contributed by atoms with Crippen LogP contribution in [0.1, 0.15) is 44.0 Å². The van der Waals surface area contributed by atoms with E-state index in [1.807, 2.05) is 0 Å². The molecule has 2 aromatic heterocycles. The van der Waals surface area contributed by atoms with Gasteiger partial charge in [-0.15, -0.1) is 11.3 Å². The molecule has 0 radical (unpaired) electrons. The second-order valence-corrected chi connectivity index (χ2v) is 9.31. The lowest BCUT2D eigenvalue weighted by Crippen LogP contribution is -2.35. The number of aromatic nitrogens is 1. The summed E-state index contributed by atoms with van der Waals surface area (Å²) in [6, 6.07) is 10.3. The van der Waals surface area contributed by atoms with Crippen molar-refractivity contribution in [3.8, 4) is 0 Å². The van der Waals surface area contributed by atoms with Crippen molar-refractivity contribution in [1.29, 1.82) is 0 Å². The van der Waals surface area contributed by atoms with Gasteiger partial charge in [0, 0.05) is 24.3 Å². The van der Waals surface area contributed by atoms with E-state index in [0.29, 0.717) is 26.8 Å². The highest BCUT2D eigenvalue weighted by Gasteiger charge is 2.29. The van der Waals surface area contributed by atoms with Crippen molar-refractivity contribution >= 4 is 51.3 Å². The number of amides is 3. The van der Waals surface area contributed by atoms with Gasteiger partial charge in [0.1, 0.15) is 5.00 Å². The molecule has 0 atom stereocenters. The van der Waals surface area contributed by atoms with Gasteiger partial charge in [-0.1, -0.05) is 23.7 Å². The first-order chi connectivity index (χ1) is 15.9. The number of pyridine rings is 1. The molecule has 2 N–H and O–H groups in total. The first kappa shape index (κ1) is 22.9. The largest absolute Gasteiger partial charge is 0.332 e. The van der Waals surface area contributed by atoms with E-state index in [1.165, 1.54) is 22.4 Å². The highest BCUT2D eigenvalue weighted by molar-refractivity contribution is 7.17. The standard InChI is InChI=1S/C24H23ClN4O3S/c1-29(14-20(30)27-18-10-4-3-9-17(18)25)24(32)21-16-8-2-5-11-19(16)33-23(21)28-22(31)15-7-6-12-26-13-15/h3-4,6-7,9-10,12-13H,2,5,8,11,14H2,1H3,(H,27,30)(H,28,31). The number of carbonyl (C=O) groups excluding carboxylic acids is 3. The summed E-state index contributed by atoms with van der Waals surface area (Å²) in [5.41, 5.74) is 2.34. The number of carbonyl (C=O) groups is 3. The number of nitrogens with zero attached hydrogens (tertiary/aromatic N) is 2. The van der Waals surface area contributed by atoms with E-state index < -0.39 is 0 Å². The predicted octanol–water partition coefficient (Wildman–Crippen LogP) is 4.64. The molecule has 3 amide bonds. The maximum atomic E-state index is 13.4. The fourth-order valence-corrected chi connectivity index (χ4v) is 5.24. The summed E-state index contributed by atoms with van der Waals surface area (Å²) in [7, 11) is 1.58. The van der Waals surface area contributed by atoms with E-state index in [2.05, 4.69) is 15.6 Å². The van der Waals surface area contributed by atoms with Crippen LogP contribution in [0, 0.1) is 0 Å². The summed E-state index contributed by atoms with van der Waals surface area (Å²) in [5, 5.41) is 6.56. The Bertz CT molecular complexity index is 1200. The van der Waals surface area contributed by atoms with E-state index >= 15 is 0 Å². The molecule has 0 fully saturated rings. The van der Waals surface area contributed by atoms with Gasteiger partial charge in [0.25, 0.3) is 11.8 Å². The second kappa shape index (κ2) is 10.1. The number of hydrogen-bond acceptors (Lipinski definition) is 5. The number of rotatable bonds is 6. The molecule has 2 heterocycles. The molecule has 0 saturated heterocycles. The van der Waals surface area contributed by atoms with Crippen molar-refractivity contribution in [3.05, 3.63) is 75.4 Å². The van der Waals surface area contributed by atoms with Gasteiger partial charge in [-0.3, -0.25) is 19.4 Å². The molecule has 0 unspecified atom stereocenters. The van der Waals surface area contributed by atoms with Crippen LogP contribution >= 0.6 is 22.9 Å². The predicted molar refractivity (Wildman–Crippen MR) is 130 cm³/mol. The molecule has 9 heteroatoms. The molecule has 0 saturated carbocycles. The van der Waals surface area contributed by atoms with Gasteiger partial charge in [0.2, 0.25) is 5.91 Å². The van der Waals surface area contributed by atoms with E-state index in [-0.39, 0.29) is 24.3 Å². The molecule has 3 aromatic rings. The zero-order valence-corrected chi connectivity index (χ0v) is 19.6. The minimum absolute atomic E-state index is 0.148. The lowest BCUT2D eigenvalue weighted by molar-refractivity contribution is -0.116. The molecule has 0 aliphatic heterocycles. The molecule has 1 aliphatic rings. The van der Waals surface area contributed by atoms with Gasteiger partial charge < -0.3 is 15.5 Å². The van der Waals surface area contributed by atoms with Gasteiger partial charge in [0.15, 0.2) is 0 Å². The highest BCUT2D eigenvalue weighted by Crippen LogP contribution is 2.39. The van der Waals surface area contributed by atoms with Crippen molar-refractivity contribution in [2.45, 2.75) is 25.7 Å². The zero-order chi connectivity index (χ0) is 23.4. The number of aryl methyl sites for hydroxylation is 1. The molecular weight excluding hydrogens is 460 g/mol. The van der Waals surface area contributed by atoms with Crippen LogP contribution in [0.2, 0.25) is 5.02 Å². The van der Waals surface area contributed by atoms with Crippen LogP contribution in [-0.4, -0.2) is 41.2 Å². The van der Waals surface area contributed by atoms with E-state index in [1.54, 1.807) is 49.6 Å². The lowest BCUT2D eigenvalue weighted by atomic mass is 9.95. The van der Waals surface area contributed by atoms with Crippen molar-refractivity contribution in [2.24, 2.45) is 0 Å². The average molecular weight is 483 g/mol. The smallest absolute Gasteiger partial charge is 0.257 e. The molecule has 1 aromatic carbocycles. The van der Waals surface area contributed by atoms with Crippen LogP contribution in [0.15, 0.2) is 48.8 Å². The Morgan fingerprint density at radius 3 is 2.64 bits per heavy atom. The van der Waals surface area contributed by atoms with Crippen LogP contribution in [0.3, 0.4) is 0 Å². The molecule has 7 nitrogen and oxygen atoms in total. The molecule has 33 heavy (non-hydrogen) atoms. The summed E-state index contributed by atoms with van der Waals surface area (Å²) >= 11 is 7.55. The van der Waals surface area contributed by atoms with Crippen LogP contribution in [-0.2, 0) is 17.6 Å². The minimum Gasteiger partial charge on any atom is -0.332 e. The Kier molecular flexibility index (Phi) is 7.05. The van der Waals surface area contributed by atoms with Crippen molar-refractivity contribution in [2.75, 3.05) is 24.2 Å². The Hall–Kier alpha value is -3.23. The third-order valence-corrected chi connectivity index (χ3v) is 6.95. The fourth-order valence-electron chi connectivity index (χ4n) is 3.78. The topological polar surface area (TPSA) is 91.4 Å². The number of thiophene rings is 1. The van der Waals surface area contributed by atoms with Gasteiger partial charge in [-0.2, -0.15) is 0 Å². The Morgan fingerprint density at radius 1 is 1.09 bits per heavy atom. The third-order valence-electron chi connectivity index (χ3n) is 5.41. The maximum absolute atomic E-state index is 13.4. The van der Waals surface area contributed by atoms with Crippen LogP contribution < -0.4 is 10.6 Å². The van der Waals surface area contributed by atoms with Gasteiger partial charge in [-0.05, 0) is 55.5 Å². The monoisotopic (exact) mass is 482 g/mol. The number of fused-ring (bicyclic) bond motifs is 1. The number of para-hydroxylation sites is 1. The maximum Gasteiger partial charge on any atom is 0.257 e. The quantitative estimate of drug-likeness (QED) is 0.535. The van der Waals surface area contributed by atoms with Crippen LogP contribution in [0.5, 0.6) is 0 Å². The van der Waals surface area contributed by atoms with Crippen molar-refractivity contribution in [1.82, 2.24) is 9.88 Å². The Balaban J connectivity index is 1.54. The van der Waals surface area contributed by atoms with Crippen molar-refractivity contribution in [3.63, 3.8) is 0 Å². The van der Waals surface area contributed by atoms with Crippen LogP contribution in [0.25, 0.3) is 0 Å². The SMILES string of the molecule is CN(CC(=O)Nc1ccccc1Cl)C(=O)c1c(NC(=O)c2cccnc2)sc2c1CCCC2. The second-order valence-electron chi connectivity index (χ2n) is 7.80. The van der Waals surface area contributed by atoms with Crippen molar-refractivity contribution < 1.29 is 14.4 Å². The fraction of sp³-hybridized carbons (Fsp3) is 0.250. The molecule has 170 valence electrons. The minimum atomic E-state index is -0.357. The van der Waals surface area contributed by atoms with Gasteiger partial charge in [-0.25, -0.2) is 0 Å². The van der Waals surface area contributed by atoms with Gasteiger partial charge >= 0.3 is 0 Å². The number of anilines is 2. The lowest BCUT2D eigenvalue weighted by Gasteiger charge is -2.20. The first-order valence-electron chi connectivity index (χ1n) is 10.6. The molecule has 1 aliphatic carbocycles. The number of halogens is 1. The Labute approximate surface area is 200 Å². The normalized spacial score (nSPS) is 12.5. The summed E-state index contributed by atoms with van der Waals surface area (Å²) in [6.07, 6.45) is 6.76. The average Bonchev–Trinajstić information content (AvgIpc) is 3.18. The summed E-state index contributed by atoms with van der Waals surface area (Å²) in [4.78, 5) is 45.2.